The van der Waals surface area contributed by atoms with Crippen LogP contribution in [0.1, 0.15) is 29.2 Å². The summed E-state index contributed by atoms with van der Waals surface area (Å²) >= 11 is 3.38. The average Bonchev–Trinajstić information content (AvgIpc) is 3.02. The zero-order valence-corrected chi connectivity index (χ0v) is 12.5. The standard InChI is InChI=1S/C14H15BrN4O/c15-12-3-1-11(2-4-12)14(20)18-8-5-13(6-9-18)19-10-7-16-17-19/h1-4,7,10,13H,5-6,8-9H2. The molecule has 1 amide bonds. The van der Waals surface area contributed by atoms with E-state index in [4.69, 9.17) is 0 Å². The molecule has 0 unspecified atom stereocenters. The maximum absolute atomic E-state index is 12.4. The van der Waals surface area contributed by atoms with Crippen molar-refractivity contribution >= 4 is 21.8 Å². The third-order valence-electron chi connectivity index (χ3n) is 3.66. The zero-order valence-electron chi connectivity index (χ0n) is 10.9. The van der Waals surface area contributed by atoms with Gasteiger partial charge in [0.05, 0.1) is 12.2 Å². The minimum atomic E-state index is 0.106. The number of piperidine rings is 1. The van der Waals surface area contributed by atoms with E-state index < -0.39 is 0 Å². The Hall–Kier alpha value is -1.69. The number of nitrogens with zero attached hydrogens (tertiary/aromatic N) is 4. The maximum Gasteiger partial charge on any atom is 0.253 e. The van der Waals surface area contributed by atoms with Crippen LogP contribution < -0.4 is 0 Å². The van der Waals surface area contributed by atoms with E-state index in [-0.39, 0.29) is 5.91 Å². The molecule has 20 heavy (non-hydrogen) atoms. The second kappa shape index (κ2) is 5.75. The van der Waals surface area contributed by atoms with Crippen LogP contribution in [0.15, 0.2) is 41.1 Å². The summed E-state index contributed by atoms with van der Waals surface area (Å²) in [7, 11) is 0. The van der Waals surface area contributed by atoms with E-state index in [9.17, 15) is 4.79 Å². The molecule has 1 aliphatic heterocycles. The number of carbonyl (C=O) groups is 1. The van der Waals surface area contributed by atoms with Crippen LogP contribution in [0.5, 0.6) is 0 Å². The van der Waals surface area contributed by atoms with E-state index in [0.29, 0.717) is 6.04 Å². The number of halogens is 1. The highest BCUT2D eigenvalue weighted by atomic mass is 79.9. The molecule has 0 saturated carbocycles. The molecule has 1 aromatic heterocycles. The molecule has 2 aromatic rings. The van der Waals surface area contributed by atoms with Crippen molar-refractivity contribution in [2.75, 3.05) is 13.1 Å². The Morgan fingerprint density at radius 3 is 2.50 bits per heavy atom. The first-order chi connectivity index (χ1) is 9.74. The van der Waals surface area contributed by atoms with Crippen molar-refractivity contribution in [1.29, 1.82) is 0 Å². The monoisotopic (exact) mass is 334 g/mol. The van der Waals surface area contributed by atoms with Gasteiger partial charge in [0.15, 0.2) is 0 Å². The fraction of sp³-hybridized carbons (Fsp3) is 0.357. The molecule has 104 valence electrons. The fourth-order valence-corrected chi connectivity index (χ4v) is 2.78. The lowest BCUT2D eigenvalue weighted by Crippen LogP contribution is -2.39. The van der Waals surface area contributed by atoms with Gasteiger partial charge in [0, 0.05) is 29.3 Å². The molecule has 1 aliphatic rings. The highest BCUT2D eigenvalue weighted by Crippen LogP contribution is 2.22. The minimum absolute atomic E-state index is 0.106. The van der Waals surface area contributed by atoms with Crippen LogP contribution in [0.2, 0.25) is 0 Å². The van der Waals surface area contributed by atoms with Gasteiger partial charge >= 0.3 is 0 Å². The molecule has 0 aliphatic carbocycles. The number of amides is 1. The fourth-order valence-electron chi connectivity index (χ4n) is 2.52. The van der Waals surface area contributed by atoms with Crippen molar-refractivity contribution in [2.24, 2.45) is 0 Å². The first-order valence-corrected chi connectivity index (χ1v) is 7.44. The summed E-state index contributed by atoms with van der Waals surface area (Å²) in [5.74, 6) is 0.106. The summed E-state index contributed by atoms with van der Waals surface area (Å²) < 4.78 is 2.88. The van der Waals surface area contributed by atoms with Crippen LogP contribution in [0.25, 0.3) is 0 Å². The summed E-state index contributed by atoms with van der Waals surface area (Å²) in [6.45, 7) is 1.53. The number of hydrogen-bond donors (Lipinski definition) is 0. The molecule has 3 rings (SSSR count). The van der Waals surface area contributed by atoms with Gasteiger partial charge in [-0.05, 0) is 37.1 Å². The van der Waals surface area contributed by atoms with Gasteiger partial charge in [0.1, 0.15) is 0 Å². The quantitative estimate of drug-likeness (QED) is 0.847. The van der Waals surface area contributed by atoms with E-state index >= 15 is 0 Å². The predicted molar refractivity (Wildman–Crippen MR) is 78.3 cm³/mol. The van der Waals surface area contributed by atoms with Crippen molar-refractivity contribution < 1.29 is 4.79 Å². The van der Waals surface area contributed by atoms with Crippen LogP contribution >= 0.6 is 15.9 Å². The molecule has 6 heteroatoms. The number of carbonyl (C=O) groups excluding carboxylic acids is 1. The summed E-state index contributed by atoms with van der Waals surface area (Å²) in [5, 5.41) is 7.87. The van der Waals surface area contributed by atoms with E-state index in [2.05, 4.69) is 26.2 Å². The summed E-state index contributed by atoms with van der Waals surface area (Å²) in [6.07, 6.45) is 5.42. The van der Waals surface area contributed by atoms with Gasteiger partial charge in [-0.25, -0.2) is 4.68 Å². The lowest BCUT2D eigenvalue weighted by Gasteiger charge is -2.31. The molecule has 0 radical (unpaired) electrons. The first-order valence-electron chi connectivity index (χ1n) is 6.64. The lowest BCUT2D eigenvalue weighted by molar-refractivity contribution is 0.0689. The van der Waals surface area contributed by atoms with Crippen LogP contribution in [-0.2, 0) is 0 Å². The Balaban J connectivity index is 1.63. The third kappa shape index (κ3) is 2.75. The van der Waals surface area contributed by atoms with Crippen LogP contribution in [-0.4, -0.2) is 38.9 Å². The Labute approximate surface area is 125 Å². The Morgan fingerprint density at radius 2 is 1.90 bits per heavy atom. The second-order valence-electron chi connectivity index (χ2n) is 4.91. The number of aromatic nitrogens is 3. The largest absolute Gasteiger partial charge is 0.338 e. The maximum atomic E-state index is 12.4. The molecular formula is C14H15BrN4O. The Morgan fingerprint density at radius 1 is 1.20 bits per heavy atom. The van der Waals surface area contributed by atoms with E-state index in [1.807, 2.05) is 40.0 Å². The number of likely N-dealkylation sites (tertiary alicyclic amines) is 1. The third-order valence-corrected chi connectivity index (χ3v) is 4.19. The van der Waals surface area contributed by atoms with E-state index in [1.54, 1.807) is 6.20 Å². The van der Waals surface area contributed by atoms with Gasteiger partial charge < -0.3 is 4.90 Å². The normalized spacial score (nSPS) is 16.4. The second-order valence-corrected chi connectivity index (χ2v) is 5.83. The Bertz CT molecular complexity index is 574. The van der Waals surface area contributed by atoms with Crippen LogP contribution in [0.4, 0.5) is 0 Å². The topological polar surface area (TPSA) is 51.0 Å². The molecule has 0 spiro atoms. The molecular weight excluding hydrogens is 320 g/mol. The SMILES string of the molecule is O=C(c1ccc(Br)cc1)N1CCC(n2ccnn2)CC1. The van der Waals surface area contributed by atoms with Gasteiger partial charge in [-0.2, -0.15) is 0 Å². The highest BCUT2D eigenvalue weighted by molar-refractivity contribution is 9.10. The minimum Gasteiger partial charge on any atom is -0.338 e. The highest BCUT2D eigenvalue weighted by Gasteiger charge is 2.24. The first kappa shape index (κ1) is 13.3. The molecule has 5 nitrogen and oxygen atoms in total. The predicted octanol–water partition coefficient (Wildman–Crippen LogP) is 2.52. The summed E-state index contributed by atoms with van der Waals surface area (Å²) in [5.41, 5.74) is 0.743. The number of rotatable bonds is 2. The van der Waals surface area contributed by atoms with Gasteiger partial charge in [-0.3, -0.25) is 4.79 Å². The van der Waals surface area contributed by atoms with Crippen molar-refractivity contribution in [3.8, 4) is 0 Å². The van der Waals surface area contributed by atoms with E-state index in [0.717, 1.165) is 36.0 Å². The molecule has 2 heterocycles. The van der Waals surface area contributed by atoms with Crippen molar-refractivity contribution in [2.45, 2.75) is 18.9 Å². The van der Waals surface area contributed by atoms with Gasteiger partial charge in [-0.15, -0.1) is 5.10 Å². The molecule has 1 saturated heterocycles. The lowest BCUT2D eigenvalue weighted by atomic mass is 10.0. The number of benzene rings is 1. The van der Waals surface area contributed by atoms with Gasteiger partial charge in [-0.1, -0.05) is 21.1 Å². The van der Waals surface area contributed by atoms with Gasteiger partial charge in [0.2, 0.25) is 0 Å². The zero-order chi connectivity index (χ0) is 13.9. The molecule has 0 bridgehead atoms. The van der Waals surface area contributed by atoms with Crippen LogP contribution in [0, 0.1) is 0 Å². The molecule has 1 fully saturated rings. The number of hydrogen-bond acceptors (Lipinski definition) is 3. The van der Waals surface area contributed by atoms with Crippen molar-refractivity contribution in [3.05, 3.63) is 46.7 Å². The van der Waals surface area contributed by atoms with Crippen molar-refractivity contribution in [3.63, 3.8) is 0 Å². The van der Waals surface area contributed by atoms with Gasteiger partial charge in [0.25, 0.3) is 5.91 Å². The smallest absolute Gasteiger partial charge is 0.253 e. The molecule has 0 atom stereocenters. The Kier molecular flexibility index (Phi) is 3.82. The average molecular weight is 335 g/mol. The van der Waals surface area contributed by atoms with E-state index in [1.165, 1.54) is 0 Å². The van der Waals surface area contributed by atoms with Crippen molar-refractivity contribution in [1.82, 2.24) is 19.9 Å². The molecule has 1 aromatic carbocycles. The summed E-state index contributed by atoms with van der Waals surface area (Å²) in [4.78, 5) is 14.3. The van der Waals surface area contributed by atoms with Crippen LogP contribution in [0.3, 0.4) is 0 Å². The summed E-state index contributed by atoms with van der Waals surface area (Å²) in [6, 6.07) is 7.86. The molecule has 0 N–H and O–H groups in total.